The highest BCUT2D eigenvalue weighted by atomic mass is 79.9. The van der Waals surface area contributed by atoms with Gasteiger partial charge >= 0.3 is 6.03 Å². The second-order valence-electron chi connectivity index (χ2n) is 5.41. The summed E-state index contributed by atoms with van der Waals surface area (Å²) in [5.41, 5.74) is 1.09. The molecule has 0 spiro atoms. The number of fused-ring (bicyclic) bond motifs is 1. The van der Waals surface area contributed by atoms with Crippen LogP contribution in [0.5, 0.6) is 0 Å². The third kappa shape index (κ3) is 2.98. The molecule has 1 aromatic rings. The molecule has 2 aliphatic rings. The molecule has 2 atom stereocenters. The van der Waals surface area contributed by atoms with Crippen LogP contribution >= 0.6 is 15.9 Å². The lowest BCUT2D eigenvalue weighted by Gasteiger charge is -2.37. The number of ether oxygens (including phenoxy) is 1. The van der Waals surface area contributed by atoms with Crippen LogP contribution in [0.25, 0.3) is 0 Å². The largest absolute Gasteiger partial charge is 0.383 e. The highest BCUT2D eigenvalue weighted by Gasteiger charge is 2.42. The summed E-state index contributed by atoms with van der Waals surface area (Å²) in [6, 6.07) is 2.52. The van der Waals surface area contributed by atoms with Gasteiger partial charge in [-0.3, -0.25) is 4.98 Å². The van der Waals surface area contributed by atoms with Crippen LogP contribution in [0.2, 0.25) is 0 Å². The fourth-order valence-electron chi connectivity index (χ4n) is 3.11. The summed E-state index contributed by atoms with van der Waals surface area (Å²) in [6.07, 6.45) is 4.60. The van der Waals surface area contributed by atoms with E-state index in [0.717, 1.165) is 29.7 Å². The van der Waals surface area contributed by atoms with E-state index in [-0.39, 0.29) is 18.1 Å². The first-order valence-corrected chi connectivity index (χ1v) is 7.90. The zero-order chi connectivity index (χ0) is 14.8. The summed E-state index contributed by atoms with van der Waals surface area (Å²) >= 11 is 3.45. The number of nitrogens with zero attached hydrogens (tertiary/aromatic N) is 3. The Bertz CT molecular complexity index is 527. The van der Waals surface area contributed by atoms with Crippen molar-refractivity contribution in [3.05, 3.63) is 22.9 Å². The van der Waals surface area contributed by atoms with Gasteiger partial charge in [0.25, 0.3) is 0 Å². The van der Waals surface area contributed by atoms with E-state index in [1.165, 1.54) is 0 Å². The zero-order valence-electron chi connectivity index (χ0n) is 12.0. The van der Waals surface area contributed by atoms with Crippen LogP contribution in [0.4, 0.5) is 10.5 Å². The number of piperidine rings is 1. The van der Waals surface area contributed by atoms with Crippen molar-refractivity contribution in [1.29, 1.82) is 0 Å². The van der Waals surface area contributed by atoms with Gasteiger partial charge in [-0.15, -0.1) is 0 Å². The monoisotopic (exact) mass is 354 g/mol. The summed E-state index contributed by atoms with van der Waals surface area (Å²) in [6.45, 7) is 2.98. The second-order valence-corrected chi connectivity index (χ2v) is 6.32. The number of nitrogens with one attached hydrogen (secondary N) is 1. The average Bonchev–Trinajstić information content (AvgIpc) is 2.79. The molecule has 2 amide bonds. The average molecular weight is 355 g/mol. The van der Waals surface area contributed by atoms with E-state index in [9.17, 15) is 4.79 Å². The molecule has 3 heterocycles. The van der Waals surface area contributed by atoms with Gasteiger partial charge in [-0.05, 0) is 28.4 Å². The molecule has 0 radical (unpaired) electrons. The van der Waals surface area contributed by atoms with Crippen LogP contribution in [-0.4, -0.2) is 61.3 Å². The van der Waals surface area contributed by atoms with Gasteiger partial charge in [-0.2, -0.15) is 0 Å². The van der Waals surface area contributed by atoms with Crippen LogP contribution < -0.4 is 10.2 Å². The first-order valence-electron chi connectivity index (χ1n) is 7.10. The van der Waals surface area contributed by atoms with Crippen molar-refractivity contribution in [1.82, 2.24) is 15.2 Å². The number of halogens is 1. The summed E-state index contributed by atoms with van der Waals surface area (Å²) in [4.78, 5) is 20.5. The molecule has 1 aromatic heterocycles. The van der Waals surface area contributed by atoms with Crippen molar-refractivity contribution in [2.45, 2.75) is 18.5 Å². The van der Waals surface area contributed by atoms with Gasteiger partial charge in [-0.1, -0.05) is 0 Å². The van der Waals surface area contributed by atoms with Crippen molar-refractivity contribution >= 4 is 27.6 Å². The Labute approximate surface area is 132 Å². The molecule has 7 heteroatoms. The third-order valence-corrected chi connectivity index (χ3v) is 4.57. The quantitative estimate of drug-likeness (QED) is 0.889. The standard InChI is InChI=1S/C14H19BrN4O2/c1-21-5-4-19-13-2-3-18(9-12(13)17-14(19)20)11-6-10(15)7-16-8-11/h6-8,12-13H,2-5,9H2,1H3,(H,17,20)/t12-,13+/m1/s1. The van der Waals surface area contributed by atoms with E-state index in [0.29, 0.717) is 13.2 Å². The lowest BCUT2D eigenvalue weighted by atomic mass is 9.99. The van der Waals surface area contributed by atoms with Gasteiger partial charge in [-0.25, -0.2) is 4.79 Å². The van der Waals surface area contributed by atoms with E-state index in [2.05, 4.69) is 37.2 Å². The Morgan fingerprint density at radius 3 is 3.14 bits per heavy atom. The van der Waals surface area contributed by atoms with Crippen molar-refractivity contribution in [2.24, 2.45) is 0 Å². The molecule has 0 saturated carbocycles. The van der Waals surface area contributed by atoms with Crippen LogP contribution in [-0.2, 0) is 4.74 Å². The number of anilines is 1. The lowest BCUT2D eigenvalue weighted by molar-refractivity contribution is 0.140. The van der Waals surface area contributed by atoms with E-state index in [4.69, 9.17) is 4.74 Å². The van der Waals surface area contributed by atoms with Crippen molar-refractivity contribution < 1.29 is 9.53 Å². The van der Waals surface area contributed by atoms with Crippen LogP contribution in [0.1, 0.15) is 6.42 Å². The van der Waals surface area contributed by atoms with E-state index >= 15 is 0 Å². The molecule has 2 saturated heterocycles. The molecule has 6 nitrogen and oxygen atoms in total. The Hall–Kier alpha value is -1.34. The number of hydrogen-bond donors (Lipinski definition) is 1. The zero-order valence-corrected chi connectivity index (χ0v) is 13.5. The minimum atomic E-state index is 0.0243. The summed E-state index contributed by atoms with van der Waals surface area (Å²) < 4.78 is 6.06. The number of carbonyl (C=O) groups excluding carboxylic acids is 1. The summed E-state index contributed by atoms with van der Waals surface area (Å²) in [5.74, 6) is 0. The van der Waals surface area contributed by atoms with Crippen LogP contribution in [0.3, 0.4) is 0 Å². The number of urea groups is 1. The fourth-order valence-corrected chi connectivity index (χ4v) is 3.46. The number of pyridine rings is 1. The maximum atomic E-state index is 12.1. The Kier molecular flexibility index (Phi) is 4.30. The number of hydrogen-bond acceptors (Lipinski definition) is 4. The predicted molar refractivity (Wildman–Crippen MR) is 83.5 cm³/mol. The molecular weight excluding hydrogens is 336 g/mol. The molecular formula is C14H19BrN4O2. The van der Waals surface area contributed by atoms with Gasteiger partial charge < -0.3 is 19.9 Å². The number of aromatic nitrogens is 1. The maximum absolute atomic E-state index is 12.1. The van der Waals surface area contributed by atoms with E-state index < -0.39 is 0 Å². The van der Waals surface area contributed by atoms with Gasteiger partial charge in [0.2, 0.25) is 0 Å². The molecule has 0 unspecified atom stereocenters. The van der Waals surface area contributed by atoms with Gasteiger partial charge in [0.1, 0.15) is 0 Å². The molecule has 2 aliphatic heterocycles. The van der Waals surface area contributed by atoms with Gasteiger partial charge in [0.05, 0.1) is 30.6 Å². The first kappa shape index (κ1) is 14.6. The SMILES string of the molecule is COCCN1C(=O)N[C@@H]2CN(c3cncc(Br)c3)CC[C@@H]21. The van der Waals surface area contributed by atoms with E-state index in [1.807, 2.05) is 11.1 Å². The normalized spacial score (nSPS) is 25.0. The van der Waals surface area contributed by atoms with Crippen LogP contribution in [0.15, 0.2) is 22.9 Å². The molecule has 3 rings (SSSR count). The van der Waals surface area contributed by atoms with E-state index in [1.54, 1.807) is 13.3 Å². The van der Waals surface area contributed by atoms with Gasteiger partial charge in [0.15, 0.2) is 0 Å². The second kappa shape index (κ2) is 6.19. The van der Waals surface area contributed by atoms with Gasteiger partial charge in [0, 0.05) is 37.4 Å². The molecule has 21 heavy (non-hydrogen) atoms. The third-order valence-electron chi connectivity index (χ3n) is 4.14. The first-order chi connectivity index (χ1) is 10.2. The summed E-state index contributed by atoms with van der Waals surface area (Å²) in [5, 5.41) is 3.09. The number of carbonyl (C=O) groups is 1. The number of rotatable bonds is 4. The van der Waals surface area contributed by atoms with Crippen molar-refractivity contribution in [3.63, 3.8) is 0 Å². The minimum Gasteiger partial charge on any atom is -0.383 e. The molecule has 2 fully saturated rings. The molecule has 0 aliphatic carbocycles. The minimum absolute atomic E-state index is 0.0243. The highest BCUT2D eigenvalue weighted by Crippen LogP contribution is 2.27. The molecule has 1 N–H and O–H groups in total. The fraction of sp³-hybridized carbons (Fsp3) is 0.571. The molecule has 0 aromatic carbocycles. The predicted octanol–water partition coefficient (Wildman–Crippen LogP) is 1.46. The topological polar surface area (TPSA) is 57.7 Å². The van der Waals surface area contributed by atoms with Crippen molar-refractivity contribution in [3.8, 4) is 0 Å². The Morgan fingerprint density at radius 2 is 2.38 bits per heavy atom. The van der Waals surface area contributed by atoms with Crippen molar-refractivity contribution in [2.75, 3.05) is 38.3 Å². The maximum Gasteiger partial charge on any atom is 0.318 e. The van der Waals surface area contributed by atoms with Crippen LogP contribution in [0, 0.1) is 0 Å². The smallest absolute Gasteiger partial charge is 0.318 e. The number of methoxy groups -OCH3 is 1. The molecule has 0 bridgehead atoms. The Morgan fingerprint density at radius 1 is 1.52 bits per heavy atom. The Balaban J connectivity index is 1.68. The molecule has 114 valence electrons. The highest BCUT2D eigenvalue weighted by molar-refractivity contribution is 9.10. The lowest BCUT2D eigenvalue weighted by Crippen LogP contribution is -2.51. The summed E-state index contributed by atoms with van der Waals surface area (Å²) in [7, 11) is 1.66. The number of amides is 2.